The van der Waals surface area contributed by atoms with Gasteiger partial charge in [-0.2, -0.15) is 0 Å². The Bertz CT molecular complexity index is 916. The zero-order chi connectivity index (χ0) is 21.1. The second-order valence-electron chi connectivity index (χ2n) is 8.00. The first kappa shape index (κ1) is 20.2. The third-order valence-electron chi connectivity index (χ3n) is 5.72. The summed E-state index contributed by atoms with van der Waals surface area (Å²) >= 11 is 0. The number of carbonyl (C=O) groups is 2. The number of ether oxygens (including phenoxy) is 2. The molecule has 2 unspecified atom stereocenters. The molecule has 1 fully saturated rings. The molecule has 2 aliphatic heterocycles. The predicted octanol–water partition coefficient (Wildman–Crippen LogP) is 2.06. The summed E-state index contributed by atoms with van der Waals surface area (Å²) in [6.07, 6.45) is 1.06. The quantitative estimate of drug-likeness (QED) is 0.758. The third-order valence-corrected chi connectivity index (χ3v) is 5.72. The van der Waals surface area contributed by atoms with E-state index in [2.05, 4.69) is 22.3 Å². The normalized spacial score (nSPS) is 18.7. The van der Waals surface area contributed by atoms with E-state index in [1.807, 2.05) is 38.4 Å². The average Bonchev–Trinajstić information content (AvgIpc) is 3.37. The van der Waals surface area contributed by atoms with Crippen LogP contribution in [0.15, 0.2) is 48.5 Å². The number of hydrogen-bond acceptors (Lipinski definition) is 5. The minimum Gasteiger partial charge on any atom is -0.454 e. The average molecular weight is 409 g/mol. The SMILES string of the molecule is CN(C)C(CNC(=O)C1CC(=O)N(c2ccc3c(c2)OCO3)C1)Cc1ccccc1. The van der Waals surface area contributed by atoms with Crippen molar-refractivity contribution < 1.29 is 19.1 Å². The maximum absolute atomic E-state index is 12.8. The standard InChI is InChI=1S/C23H27N3O4/c1-25(2)19(10-16-6-4-3-5-7-16)13-24-23(28)17-11-22(27)26(14-17)18-8-9-20-21(12-18)30-15-29-20/h3-9,12,17,19H,10-11,13-15H2,1-2H3,(H,24,28). The molecule has 0 radical (unpaired) electrons. The zero-order valence-corrected chi connectivity index (χ0v) is 17.3. The van der Waals surface area contributed by atoms with Crippen molar-refractivity contribution in [2.75, 3.05) is 38.9 Å². The highest BCUT2D eigenvalue weighted by molar-refractivity contribution is 6.00. The van der Waals surface area contributed by atoms with Crippen LogP contribution in [0.3, 0.4) is 0 Å². The van der Waals surface area contributed by atoms with Crippen LogP contribution < -0.4 is 19.7 Å². The lowest BCUT2D eigenvalue weighted by molar-refractivity contribution is -0.126. The summed E-state index contributed by atoms with van der Waals surface area (Å²) in [7, 11) is 4.03. The summed E-state index contributed by atoms with van der Waals surface area (Å²) in [6.45, 7) is 1.10. The minimum atomic E-state index is -0.359. The van der Waals surface area contributed by atoms with Gasteiger partial charge in [0.2, 0.25) is 18.6 Å². The molecule has 2 heterocycles. The number of rotatable bonds is 7. The first-order chi connectivity index (χ1) is 14.5. The largest absolute Gasteiger partial charge is 0.454 e. The molecule has 0 spiro atoms. The number of anilines is 1. The Balaban J connectivity index is 1.35. The van der Waals surface area contributed by atoms with Crippen molar-refractivity contribution in [2.45, 2.75) is 18.9 Å². The summed E-state index contributed by atoms with van der Waals surface area (Å²) < 4.78 is 10.7. The summed E-state index contributed by atoms with van der Waals surface area (Å²) in [5.74, 6) is 0.812. The number of likely N-dealkylation sites (N-methyl/N-ethyl adjacent to an activating group) is 1. The topological polar surface area (TPSA) is 71.1 Å². The van der Waals surface area contributed by atoms with E-state index in [1.54, 1.807) is 17.0 Å². The molecule has 2 amide bonds. The van der Waals surface area contributed by atoms with Crippen LogP contribution in [-0.2, 0) is 16.0 Å². The van der Waals surface area contributed by atoms with Crippen LogP contribution in [0, 0.1) is 5.92 Å². The van der Waals surface area contributed by atoms with Crippen LogP contribution in [-0.4, -0.2) is 56.7 Å². The first-order valence-corrected chi connectivity index (χ1v) is 10.2. The van der Waals surface area contributed by atoms with Gasteiger partial charge in [0.05, 0.1) is 5.92 Å². The van der Waals surface area contributed by atoms with Gasteiger partial charge in [-0.3, -0.25) is 9.59 Å². The van der Waals surface area contributed by atoms with Crippen LogP contribution >= 0.6 is 0 Å². The van der Waals surface area contributed by atoms with Gasteiger partial charge in [-0.1, -0.05) is 30.3 Å². The van der Waals surface area contributed by atoms with Gasteiger partial charge in [0, 0.05) is 37.3 Å². The molecule has 2 atom stereocenters. The number of fused-ring (bicyclic) bond motifs is 1. The van der Waals surface area contributed by atoms with Crippen molar-refractivity contribution in [1.29, 1.82) is 0 Å². The van der Waals surface area contributed by atoms with Gasteiger partial charge in [0.1, 0.15) is 0 Å². The number of hydrogen-bond donors (Lipinski definition) is 1. The molecule has 2 aromatic rings. The second-order valence-corrected chi connectivity index (χ2v) is 8.00. The van der Waals surface area contributed by atoms with Gasteiger partial charge in [0.15, 0.2) is 11.5 Å². The Labute approximate surface area is 176 Å². The van der Waals surface area contributed by atoms with Gasteiger partial charge in [-0.15, -0.1) is 0 Å². The lowest BCUT2D eigenvalue weighted by Crippen LogP contribution is -2.43. The van der Waals surface area contributed by atoms with E-state index in [-0.39, 0.29) is 37.0 Å². The summed E-state index contributed by atoms with van der Waals surface area (Å²) in [5.41, 5.74) is 1.96. The van der Waals surface area contributed by atoms with Crippen molar-refractivity contribution >= 4 is 17.5 Å². The maximum atomic E-state index is 12.8. The molecule has 0 saturated carbocycles. The third kappa shape index (κ3) is 4.41. The second kappa shape index (κ2) is 8.75. The van der Waals surface area contributed by atoms with Crippen LogP contribution in [0.25, 0.3) is 0 Å². The zero-order valence-electron chi connectivity index (χ0n) is 17.3. The maximum Gasteiger partial charge on any atom is 0.231 e. The van der Waals surface area contributed by atoms with E-state index in [1.165, 1.54) is 5.56 Å². The Morgan fingerprint density at radius 1 is 1.17 bits per heavy atom. The molecular weight excluding hydrogens is 382 g/mol. The Morgan fingerprint density at radius 3 is 2.70 bits per heavy atom. The van der Waals surface area contributed by atoms with Crippen LogP contribution in [0.5, 0.6) is 11.5 Å². The van der Waals surface area contributed by atoms with E-state index in [0.717, 1.165) is 12.1 Å². The first-order valence-electron chi connectivity index (χ1n) is 10.2. The van der Waals surface area contributed by atoms with Gasteiger partial charge in [0.25, 0.3) is 0 Å². The monoisotopic (exact) mass is 409 g/mol. The van der Waals surface area contributed by atoms with E-state index < -0.39 is 0 Å². The van der Waals surface area contributed by atoms with Crippen molar-refractivity contribution in [1.82, 2.24) is 10.2 Å². The lowest BCUT2D eigenvalue weighted by Gasteiger charge is -2.25. The van der Waals surface area contributed by atoms with Crippen LogP contribution in [0.2, 0.25) is 0 Å². The number of amides is 2. The van der Waals surface area contributed by atoms with Gasteiger partial charge < -0.3 is 24.6 Å². The Morgan fingerprint density at radius 2 is 1.93 bits per heavy atom. The van der Waals surface area contributed by atoms with Gasteiger partial charge >= 0.3 is 0 Å². The molecule has 4 rings (SSSR count). The molecule has 1 N–H and O–H groups in total. The summed E-state index contributed by atoms with van der Waals surface area (Å²) in [4.78, 5) is 29.1. The molecular formula is C23H27N3O4. The number of benzene rings is 2. The van der Waals surface area contributed by atoms with Gasteiger partial charge in [-0.25, -0.2) is 0 Å². The smallest absolute Gasteiger partial charge is 0.231 e. The lowest BCUT2D eigenvalue weighted by atomic mass is 10.0. The molecule has 0 aliphatic carbocycles. The highest BCUT2D eigenvalue weighted by atomic mass is 16.7. The number of nitrogens with zero attached hydrogens (tertiary/aromatic N) is 2. The molecule has 7 nitrogen and oxygen atoms in total. The van der Waals surface area contributed by atoms with Gasteiger partial charge in [-0.05, 0) is 38.2 Å². The highest BCUT2D eigenvalue weighted by Crippen LogP contribution is 2.37. The summed E-state index contributed by atoms with van der Waals surface area (Å²) in [6, 6.07) is 15.8. The number of nitrogens with one attached hydrogen (secondary N) is 1. The molecule has 2 aromatic carbocycles. The molecule has 1 saturated heterocycles. The number of carbonyl (C=O) groups excluding carboxylic acids is 2. The van der Waals surface area contributed by atoms with Crippen LogP contribution in [0.4, 0.5) is 5.69 Å². The molecule has 7 heteroatoms. The van der Waals surface area contributed by atoms with E-state index in [9.17, 15) is 9.59 Å². The predicted molar refractivity (Wildman–Crippen MR) is 114 cm³/mol. The minimum absolute atomic E-state index is 0.0533. The fourth-order valence-corrected chi connectivity index (χ4v) is 3.87. The van der Waals surface area contributed by atoms with E-state index >= 15 is 0 Å². The molecule has 0 bridgehead atoms. The molecule has 30 heavy (non-hydrogen) atoms. The van der Waals surface area contributed by atoms with Crippen molar-refractivity contribution in [3.63, 3.8) is 0 Å². The fourth-order valence-electron chi connectivity index (χ4n) is 3.87. The van der Waals surface area contributed by atoms with Crippen molar-refractivity contribution in [3.8, 4) is 11.5 Å². The fraction of sp³-hybridized carbons (Fsp3) is 0.391. The van der Waals surface area contributed by atoms with E-state index in [4.69, 9.17) is 9.47 Å². The summed E-state index contributed by atoms with van der Waals surface area (Å²) in [5, 5.41) is 3.06. The Hall–Kier alpha value is -3.06. The molecule has 0 aromatic heterocycles. The Kier molecular flexibility index (Phi) is 5.90. The van der Waals surface area contributed by atoms with Crippen molar-refractivity contribution in [2.24, 2.45) is 5.92 Å². The van der Waals surface area contributed by atoms with Crippen molar-refractivity contribution in [3.05, 3.63) is 54.1 Å². The molecule has 158 valence electrons. The van der Waals surface area contributed by atoms with Crippen LogP contribution in [0.1, 0.15) is 12.0 Å². The van der Waals surface area contributed by atoms with E-state index in [0.29, 0.717) is 24.6 Å². The highest BCUT2D eigenvalue weighted by Gasteiger charge is 2.35. The molecule has 2 aliphatic rings.